The van der Waals surface area contributed by atoms with Gasteiger partial charge in [-0.05, 0) is 60.2 Å². The summed E-state index contributed by atoms with van der Waals surface area (Å²) in [6, 6.07) is 21.7. The summed E-state index contributed by atoms with van der Waals surface area (Å²) in [6.45, 7) is 0.358. The number of fused-ring (bicyclic) bond motifs is 1. The second kappa shape index (κ2) is 7.91. The summed E-state index contributed by atoms with van der Waals surface area (Å²) in [5.74, 6) is 1.19. The Morgan fingerprint density at radius 1 is 1.00 bits per heavy atom. The third-order valence-corrected chi connectivity index (χ3v) is 4.63. The largest absolute Gasteiger partial charge is 0.497 e. The van der Waals surface area contributed by atoms with Crippen molar-refractivity contribution in [3.05, 3.63) is 95.2 Å². The summed E-state index contributed by atoms with van der Waals surface area (Å²) in [5, 5.41) is 9.57. The zero-order valence-electron chi connectivity index (χ0n) is 15.7. The first-order valence-corrected chi connectivity index (χ1v) is 9.00. The van der Waals surface area contributed by atoms with E-state index < -0.39 is 0 Å². The molecule has 0 amide bonds. The number of furan rings is 1. The van der Waals surface area contributed by atoms with Gasteiger partial charge in [-0.1, -0.05) is 12.1 Å². The molecule has 1 heterocycles. The van der Waals surface area contributed by atoms with Gasteiger partial charge in [0.2, 0.25) is 0 Å². The van der Waals surface area contributed by atoms with Crippen LogP contribution in [0.15, 0.2) is 77.4 Å². The highest BCUT2D eigenvalue weighted by atomic mass is 16.5. The van der Waals surface area contributed by atoms with Gasteiger partial charge in [0.15, 0.2) is 5.78 Å². The molecule has 0 saturated carbocycles. The van der Waals surface area contributed by atoms with E-state index >= 15 is 0 Å². The third-order valence-electron chi connectivity index (χ3n) is 4.63. The van der Waals surface area contributed by atoms with Gasteiger partial charge in [-0.2, -0.15) is 5.26 Å². The molecule has 3 aromatic carbocycles. The first kappa shape index (κ1) is 18.3. The minimum atomic E-state index is -0.129. The van der Waals surface area contributed by atoms with Gasteiger partial charge >= 0.3 is 0 Å². The average molecular weight is 383 g/mol. The van der Waals surface area contributed by atoms with Gasteiger partial charge < -0.3 is 13.9 Å². The number of hydrogen-bond acceptors (Lipinski definition) is 5. The van der Waals surface area contributed by atoms with E-state index in [1.54, 1.807) is 61.7 Å². The van der Waals surface area contributed by atoms with Crippen molar-refractivity contribution in [1.82, 2.24) is 0 Å². The number of hydrogen-bond donors (Lipinski definition) is 0. The highest BCUT2D eigenvalue weighted by Crippen LogP contribution is 2.28. The molecule has 0 atom stereocenters. The van der Waals surface area contributed by atoms with E-state index in [-0.39, 0.29) is 5.78 Å². The monoisotopic (exact) mass is 383 g/mol. The number of rotatable bonds is 6. The molecule has 0 saturated heterocycles. The molecule has 0 aliphatic heterocycles. The Morgan fingerprint density at radius 2 is 1.72 bits per heavy atom. The number of carbonyl (C=O) groups excluding carboxylic acids is 1. The van der Waals surface area contributed by atoms with Gasteiger partial charge in [0, 0.05) is 10.9 Å². The van der Waals surface area contributed by atoms with Crippen LogP contribution in [0.25, 0.3) is 11.0 Å². The molecule has 0 bridgehead atoms. The van der Waals surface area contributed by atoms with Gasteiger partial charge in [-0.25, -0.2) is 0 Å². The van der Waals surface area contributed by atoms with Crippen molar-refractivity contribution in [2.75, 3.05) is 7.11 Å². The molecule has 29 heavy (non-hydrogen) atoms. The van der Waals surface area contributed by atoms with Crippen molar-refractivity contribution >= 4 is 16.8 Å². The van der Waals surface area contributed by atoms with Crippen LogP contribution in [0.1, 0.15) is 27.0 Å². The van der Waals surface area contributed by atoms with Gasteiger partial charge in [0.25, 0.3) is 0 Å². The molecular formula is C24H17NO4. The number of methoxy groups -OCH3 is 1. The second-order valence-electron chi connectivity index (χ2n) is 6.46. The van der Waals surface area contributed by atoms with E-state index in [0.29, 0.717) is 45.8 Å². The van der Waals surface area contributed by atoms with Crippen molar-refractivity contribution in [3.8, 4) is 17.6 Å². The summed E-state index contributed by atoms with van der Waals surface area (Å²) >= 11 is 0. The number of ether oxygens (including phenoxy) is 2. The number of carbonyl (C=O) groups is 1. The van der Waals surface area contributed by atoms with Crippen molar-refractivity contribution < 1.29 is 18.7 Å². The van der Waals surface area contributed by atoms with Crippen LogP contribution in [0.5, 0.6) is 11.5 Å². The Bertz CT molecular complexity index is 1200. The first-order valence-electron chi connectivity index (χ1n) is 9.00. The lowest BCUT2D eigenvalue weighted by atomic mass is 10.0. The van der Waals surface area contributed by atoms with Crippen LogP contribution in [-0.2, 0) is 6.61 Å². The Kier molecular flexibility index (Phi) is 5.00. The van der Waals surface area contributed by atoms with Crippen LogP contribution in [0.4, 0.5) is 0 Å². The van der Waals surface area contributed by atoms with E-state index in [4.69, 9.17) is 19.2 Å². The number of nitriles is 1. The maximum Gasteiger partial charge on any atom is 0.196 e. The average Bonchev–Trinajstić information content (AvgIpc) is 3.21. The fraction of sp³-hybridized carbons (Fsp3) is 0.0833. The summed E-state index contributed by atoms with van der Waals surface area (Å²) in [7, 11) is 1.58. The minimum absolute atomic E-state index is 0.129. The molecule has 1 aromatic heterocycles. The zero-order valence-corrected chi connectivity index (χ0v) is 15.7. The standard InChI is InChI=1S/C24H17NO4/c1-27-19-8-6-18(7-9-19)24(26)22-15-29-23-11-10-20(12-21(22)23)28-14-17-4-2-16(13-25)3-5-17/h2-12,15H,14H2,1H3. The minimum Gasteiger partial charge on any atom is -0.497 e. The fourth-order valence-electron chi connectivity index (χ4n) is 3.01. The number of benzene rings is 3. The Morgan fingerprint density at radius 3 is 2.41 bits per heavy atom. The number of ketones is 1. The Hall–Kier alpha value is -4.04. The molecule has 142 valence electrons. The lowest BCUT2D eigenvalue weighted by molar-refractivity contribution is 0.103. The molecule has 5 heteroatoms. The van der Waals surface area contributed by atoms with E-state index in [1.807, 2.05) is 12.1 Å². The molecule has 0 spiro atoms. The SMILES string of the molecule is COc1ccc(C(=O)c2coc3ccc(OCc4ccc(C#N)cc4)cc23)cc1. The molecular weight excluding hydrogens is 366 g/mol. The summed E-state index contributed by atoms with van der Waals surface area (Å²) in [4.78, 5) is 12.9. The topological polar surface area (TPSA) is 72.5 Å². The zero-order chi connectivity index (χ0) is 20.2. The van der Waals surface area contributed by atoms with Crippen LogP contribution < -0.4 is 9.47 Å². The molecule has 4 aromatic rings. The maximum atomic E-state index is 12.9. The highest BCUT2D eigenvalue weighted by molar-refractivity contribution is 6.16. The maximum absolute atomic E-state index is 12.9. The van der Waals surface area contributed by atoms with Crippen LogP contribution in [-0.4, -0.2) is 12.9 Å². The summed E-state index contributed by atoms with van der Waals surface area (Å²) in [6.07, 6.45) is 1.47. The quantitative estimate of drug-likeness (QED) is 0.432. The van der Waals surface area contributed by atoms with Gasteiger partial charge in [0.05, 0.1) is 24.3 Å². The second-order valence-corrected chi connectivity index (χ2v) is 6.46. The van der Waals surface area contributed by atoms with E-state index in [9.17, 15) is 4.79 Å². The Balaban J connectivity index is 1.56. The van der Waals surface area contributed by atoms with E-state index in [0.717, 1.165) is 5.56 Å². The predicted octanol–water partition coefficient (Wildman–Crippen LogP) is 5.12. The van der Waals surface area contributed by atoms with Crippen LogP contribution >= 0.6 is 0 Å². The smallest absolute Gasteiger partial charge is 0.196 e. The van der Waals surface area contributed by atoms with Gasteiger partial charge in [-0.3, -0.25) is 4.79 Å². The van der Waals surface area contributed by atoms with Gasteiger partial charge in [-0.15, -0.1) is 0 Å². The van der Waals surface area contributed by atoms with Crippen molar-refractivity contribution in [1.29, 1.82) is 5.26 Å². The molecule has 0 aliphatic rings. The van der Waals surface area contributed by atoms with Crippen LogP contribution in [0, 0.1) is 11.3 Å². The predicted molar refractivity (Wildman–Crippen MR) is 108 cm³/mol. The molecule has 0 N–H and O–H groups in total. The molecule has 5 nitrogen and oxygen atoms in total. The van der Waals surface area contributed by atoms with Gasteiger partial charge in [0.1, 0.15) is 30.0 Å². The van der Waals surface area contributed by atoms with E-state index in [2.05, 4.69) is 6.07 Å². The van der Waals surface area contributed by atoms with Crippen molar-refractivity contribution in [3.63, 3.8) is 0 Å². The molecule has 0 radical (unpaired) electrons. The molecule has 0 unspecified atom stereocenters. The Labute approximate surface area is 167 Å². The lowest BCUT2D eigenvalue weighted by Gasteiger charge is -2.07. The molecule has 4 rings (SSSR count). The fourth-order valence-corrected chi connectivity index (χ4v) is 3.01. The first-order chi connectivity index (χ1) is 14.2. The van der Waals surface area contributed by atoms with Crippen LogP contribution in [0.3, 0.4) is 0 Å². The summed E-state index contributed by atoms with van der Waals surface area (Å²) < 4.78 is 16.5. The molecule has 0 aliphatic carbocycles. The third kappa shape index (κ3) is 3.83. The van der Waals surface area contributed by atoms with Crippen LogP contribution in [0.2, 0.25) is 0 Å². The normalized spacial score (nSPS) is 10.5. The summed E-state index contributed by atoms with van der Waals surface area (Å²) in [5.41, 5.74) is 3.21. The molecule has 0 fully saturated rings. The number of nitrogens with zero attached hydrogens (tertiary/aromatic N) is 1. The van der Waals surface area contributed by atoms with Crippen molar-refractivity contribution in [2.24, 2.45) is 0 Å². The highest BCUT2D eigenvalue weighted by Gasteiger charge is 2.16. The van der Waals surface area contributed by atoms with Crippen molar-refractivity contribution in [2.45, 2.75) is 6.61 Å². The van der Waals surface area contributed by atoms with E-state index in [1.165, 1.54) is 6.26 Å². The lowest BCUT2D eigenvalue weighted by Crippen LogP contribution is -2.00.